The lowest BCUT2D eigenvalue weighted by Crippen LogP contribution is -2.44. The van der Waals surface area contributed by atoms with Gasteiger partial charge in [-0.3, -0.25) is 4.79 Å². The summed E-state index contributed by atoms with van der Waals surface area (Å²) in [5, 5.41) is 14.5. The number of amides is 1. The number of hydrogen-bond donors (Lipinski definition) is 3. The number of nitrogens with zero attached hydrogens (tertiary/aromatic N) is 1. The van der Waals surface area contributed by atoms with Gasteiger partial charge in [-0.15, -0.1) is 0 Å². The number of benzene rings is 1. The Morgan fingerprint density at radius 2 is 1.81 bits per heavy atom. The fourth-order valence-corrected chi connectivity index (χ4v) is 5.24. The van der Waals surface area contributed by atoms with Crippen molar-refractivity contribution in [1.82, 2.24) is 15.2 Å². The minimum absolute atomic E-state index is 0.00162. The van der Waals surface area contributed by atoms with Gasteiger partial charge in [-0.25, -0.2) is 4.79 Å². The molecule has 0 saturated carbocycles. The van der Waals surface area contributed by atoms with E-state index in [1.807, 2.05) is 26.8 Å². The fourth-order valence-electron chi connectivity index (χ4n) is 4.26. The van der Waals surface area contributed by atoms with Gasteiger partial charge in [0.05, 0.1) is 18.2 Å². The lowest BCUT2D eigenvalue weighted by Gasteiger charge is -2.36. The molecule has 8 nitrogen and oxygen atoms in total. The molecule has 1 aromatic heterocycles. The van der Waals surface area contributed by atoms with Gasteiger partial charge in [0.15, 0.2) is 0 Å². The second-order valence-electron chi connectivity index (χ2n) is 11.8. The molecule has 1 saturated heterocycles. The van der Waals surface area contributed by atoms with Crippen LogP contribution >= 0.6 is 0 Å². The molecular formula is C27H42N3O5Si. The zero-order valence-electron chi connectivity index (χ0n) is 22.7. The number of aromatic hydroxyl groups is 1. The van der Waals surface area contributed by atoms with Crippen molar-refractivity contribution in [2.75, 3.05) is 26.2 Å². The van der Waals surface area contributed by atoms with Crippen LogP contribution in [0.1, 0.15) is 66.1 Å². The number of nitrogens with one attached hydrogen (secondary N) is 2. The summed E-state index contributed by atoms with van der Waals surface area (Å²) < 4.78 is 12.6. The molecule has 1 aromatic carbocycles. The lowest BCUT2D eigenvalue weighted by atomic mass is 9.97. The second kappa shape index (κ2) is 11.4. The third-order valence-electron chi connectivity index (χ3n) is 6.60. The van der Waals surface area contributed by atoms with E-state index >= 15 is 0 Å². The van der Waals surface area contributed by atoms with Crippen LogP contribution in [0.3, 0.4) is 0 Å². The van der Waals surface area contributed by atoms with Gasteiger partial charge < -0.3 is 29.5 Å². The molecule has 3 N–H and O–H groups in total. The van der Waals surface area contributed by atoms with Gasteiger partial charge in [0.2, 0.25) is 14.6 Å². The van der Waals surface area contributed by atoms with Crippen LogP contribution < -0.4 is 10.9 Å². The van der Waals surface area contributed by atoms with Crippen molar-refractivity contribution in [2.45, 2.75) is 77.7 Å². The monoisotopic (exact) mass is 516 g/mol. The summed E-state index contributed by atoms with van der Waals surface area (Å²) in [4.78, 5) is 29.9. The van der Waals surface area contributed by atoms with E-state index in [2.05, 4.69) is 37.6 Å². The lowest BCUT2D eigenvalue weighted by molar-refractivity contribution is 0.0117. The molecule has 1 aliphatic heterocycles. The average Bonchev–Trinajstić information content (AvgIpc) is 2.77. The molecule has 0 aliphatic carbocycles. The van der Waals surface area contributed by atoms with Gasteiger partial charge in [-0.05, 0) is 81.9 Å². The Morgan fingerprint density at radius 1 is 1.14 bits per heavy atom. The van der Waals surface area contributed by atoms with Crippen LogP contribution in [0, 0.1) is 5.92 Å². The number of carbonyl (C=O) groups is 1. The van der Waals surface area contributed by atoms with E-state index in [9.17, 15) is 14.7 Å². The fraction of sp³-hybridized carbons (Fsp3) is 0.630. The van der Waals surface area contributed by atoms with Gasteiger partial charge in [0.25, 0.3) is 0 Å². The summed E-state index contributed by atoms with van der Waals surface area (Å²) in [6, 6.07) is 6.57. The number of fused-ring (bicyclic) bond motifs is 1. The minimum Gasteiger partial charge on any atom is -0.506 e. The van der Waals surface area contributed by atoms with Crippen molar-refractivity contribution >= 4 is 26.0 Å². The molecular weight excluding hydrogens is 474 g/mol. The van der Waals surface area contributed by atoms with Crippen LogP contribution in [0.2, 0.25) is 11.6 Å². The average molecular weight is 517 g/mol. The Bertz CT molecular complexity index is 1100. The molecule has 0 spiro atoms. The number of ether oxygens (including phenoxy) is 1. The number of rotatable bonds is 7. The molecule has 2 heterocycles. The number of aromatic amines is 1. The maximum absolute atomic E-state index is 13.4. The number of H-pyrrole nitrogens is 1. The highest BCUT2D eigenvalue weighted by molar-refractivity contribution is 6.53. The highest BCUT2D eigenvalue weighted by Crippen LogP contribution is 2.36. The molecule has 3 rings (SSSR count). The van der Waals surface area contributed by atoms with Gasteiger partial charge in [-0.2, -0.15) is 0 Å². The summed E-state index contributed by atoms with van der Waals surface area (Å²) in [5.41, 5.74) is 0.293. The molecule has 1 amide bonds. The Labute approximate surface area is 216 Å². The molecule has 36 heavy (non-hydrogen) atoms. The van der Waals surface area contributed by atoms with E-state index in [0.29, 0.717) is 29.9 Å². The predicted molar refractivity (Wildman–Crippen MR) is 145 cm³/mol. The SMILES string of the molecule is C[Si](O[C@@H](CN(CC1CCNCC1)C(=O)OC(C)(C)C)c1ccc(O)c2[nH]c(=O)ccc12)C(C)(C)C. The molecule has 1 radical (unpaired) electrons. The van der Waals surface area contributed by atoms with Crippen LogP contribution in [0.5, 0.6) is 5.75 Å². The quantitative estimate of drug-likeness (QED) is 0.450. The Hall–Kier alpha value is -2.36. The Kier molecular flexibility index (Phi) is 8.90. The number of hydrogen-bond acceptors (Lipinski definition) is 6. The van der Waals surface area contributed by atoms with Crippen molar-refractivity contribution in [3.63, 3.8) is 0 Å². The Balaban J connectivity index is 2.03. The first-order valence-electron chi connectivity index (χ1n) is 12.8. The van der Waals surface area contributed by atoms with E-state index in [1.165, 1.54) is 6.07 Å². The first-order chi connectivity index (χ1) is 16.7. The normalized spacial score (nSPS) is 16.3. The van der Waals surface area contributed by atoms with E-state index in [4.69, 9.17) is 9.16 Å². The summed E-state index contributed by atoms with van der Waals surface area (Å²) in [6.45, 7) is 17.0. The highest BCUT2D eigenvalue weighted by Gasteiger charge is 2.33. The van der Waals surface area contributed by atoms with Crippen molar-refractivity contribution in [3.05, 3.63) is 40.2 Å². The zero-order valence-corrected chi connectivity index (χ0v) is 23.7. The largest absolute Gasteiger partial charge is 0.506 e. The highest BCUT2D eigenvalue weighted by atomic mass is 28.3. The minimum atomic E-state index is -1.30. The van der Waals surface area contributed by atoms with E-state index in [-0.39, 0.29) is 22.4 Å². The molecule has 1 fully saturated rings. The molecule has 0 bridgehead atoms. The summed E-state index contributed by atoms with van der Waals surface area (Å²) in [7, 11) is -1.30. The van der Waals surface area contributed by atoms with Crippen molar-refractivity contribution in [2.24, 2.45) is 5.92 Å². The number of pyridine rings is 1. The smallest absolute Gasteiger partial charge is 0.410 e. The van der Waals surface area contributed by atoms with Crippen LogP contribution in [-0.2, 0) is 9.16 Å². The topological polar surface area (TPSA) is 104 Å². The van der Waals surface area contributed by atoms with E-state index in [0.717, 1.165) is 31.5 Å². The maximum atomic E-state index is 13.4. The zero-order chi connectivity index (χ0) is 26.7. The third kappa shape index (κ3) is 7.57. The molecule has 2 aromatic rings. The van der Waals surface area contributed by atoms with Crippen molar-refractivity contribution < 1.29 is 19.1 Å². The molecule has 1 aliphatic rings. The second-order valence-corrected chi connectivity index (χ2v) is 14.6. The summed E-state index contributed by atoms with van der Waals surface area (Å²) >= 11 is 0. The van der Waals surface area contributed by atoms with Crippen molar-refractivity contribution in [3.8, 4) is 5.75 Å². The molecule has 0 unspecified atom stereocenters. The predicted octanol–water partition coefficient (Wildman–Crippen LogP) is 4.95. The van der Waals surface area contributed by atoms with Gasteiger partial charge >= 0.3 is 6.09 Å². The van der Waals surface area contributed by atoms with Crippen LogP contribution in [0.4, 0.5) is 4.79 Å². The molecule has 1 atom stereocenters. The van der Waals surface area contributed by atoms with Gasteiger partial charge in [0.1, 0.15) is 11.4 Å². The van der Waals surface area contributed by atoms with Crippen LogP contribution in [-0.4, -0.2) is 61.9 Å². The number of aromatic nitrogens is 1. The van der Waals surface area contributed by atoms with Gasteiger partial charge in [-0.1, -0.05) is 26.8 Å². The number of phenolic OH excluding ortho intramolecular Hbond substituents is 1. The van der Waals surface area contributed by atoms with E-state index < -0.39 is 20.7 Å². The van der Waals surface area contributed by atoms with Crippen LogP contribution in [0.15, 0.2) is 29.1 Å². The molecule has 199 valence electrons. The first kappa shape index (κ1) is 28.2. The standard InChI is InChI=1S/C27H42N3O5Si/c1-26(2,3)34-25(33)30(16-18-12-14-28-15-13-18)17-22(35-36(7)27(4,5)6)19-8-10-21(31)24-20(19)9-11-23(32)29-24/h8-11,18,22,28,31H,12-17H2,1-7H3,(H,29,32)/t22-/m0/s1. The first-order valence-corrected chi connectivity index (χ1v) is 14.7. The number of carbonyl (C=O) groups excluding carboxylic acids is 1. The van der Waals surface area contributed by atoms with Crippen LogP contribution in [0.25, 0.3) is 10.9 Å². The molecule has 9 heteroatoms. The van der Waals surface area contributed by atoms with E-state index in [1.54, 1.807) is 17.0 Å². The number of phenols is 1. The Morgan fingerprint density at radius 3 is 2.42 bits per heavy atom. The summed E-state index contributed by atoms with van der Waals surface area (Å²) in [6.07, 6.45) is 1.19. The number of piperidine rings is 1. The summed E-state index contributed by atoms with van der Waals surface area (Å²) in [5.74, 6) is 0.378. The third-order valence-corrected chi connectivity index (χ3v) is 9.35. The van der Waals surface area contributed by atoms with Gasteiger partial charge in [0, 0.05) is 18.0 Å². The van der Waals surface area contributed by atoms with Crippen molar-refractivity contribution in [1.29, 1.82) is 0 Å². The maximum Gasteiger partial charge on any atom is 0.410 e.